The lowest BCUT2D eigenvalue weighted by Gasteiger charge is -1.85. The molecule has 2 heterocycles. The summed E-state index contributed by atoms with van der Waals surface area (Å²) in [6.45, 7) is 0. The SMILES string of the molecule is S=c1[nH]nc(-c2cc3ccccc3[nH]2)o1. The third kappa shape index (κ3) is 1.37. The summed E-state index contributed by atoms with van der Waals surface area (Å²) in [4.78, 5) is 3.48. The van der Waals surface area contributed by atoms with Crippen LogP contribution in [0.15, 0.2) is 34.7 Å². The van der Waals surface area contributed by atoms with Gasteiger partial charge in [-0.2, -0.15) is 0 Å². The molecule has 15 heavy (non-hydrogen) atoms. The zero-order valence-electron chi connectivity index (χ0n) is 7.65. The number of H-pyrrole nitrogens is 2. The lowest BCUT2D eigenvalue weighted by Crippen LogP contribution is -1.75. The number of aromatic amines is 2. The minimum atomic E-state index is 0.281. The first kappa shape index (κ1) is 8.43. The minimum Gasteiger partial charge on any atom is -0.408 e. The van der Waals surface area contributed by atoms with Gasteiger partial charge in [-0.25, -0.2) is 5.10 Å². The van der Waals surface area contributed by atoms with E-state index >= 15 is 0 Å². The molecule has 0 spiro atoms. The fourth-order valence-corrected chi connectivity index (χ4v) is 1.66. The van der Waals surface area contributed by atoms with E-state index in [1.807, 2.05) is 30.3 Å². The average Bonchev–Trinajstić information content (AvgIpc) is 2.82. The van der Waals surface area contributed by atoms with Gasteiger partial charge in [0, 0.05) is 10.9 Å². The van der Waals surface area contributed by atoms with Gasteiger partial charge < -0.3 is 9.40 Å². The average molecular weight is 217 g/mol. The smallest absolute Gasteiger partial charge is 0.284 e. The number of hydrogen-bond acceptors (Lipinski definition) is 3. The molecule has 0 atom stereocenters. The van der Waals surface area contributed by atoms with E-state index in [1.165, 1.54) is 0 Å². The van der Waals surface area contributed by atoms with Gasteiger partial charge in [0.25, 0.3) is 10.7 Å². The first-order valence-corrected chi connectivity index (χ1v) is 4.87. The number of fused-ring (bicyclic) bond motifs is 1. The Morgan fingerprint density at radius 1 is 1.27 bits per heavy atom. The molecule has 0 amide bonds. The summed E-state index contributed by atoms with van der Waals surface area (Å²) in [5.41, 5.74) is 1.88. The molecule has 0 aliphatic heterocycles. The van der Waals surface area contributed by atoms with Crippen LogP contribution in [0.2, 0.25) is 0 Å². The number of nitrogens with zero attached hydrogens (tertiary/aromatic N) is 1. The fourth-order valence-electron chi connectivity index (χ4n) is 1.53. The summed E-state index contributed by atoms with van der Waals surface area (Å²) in [5, 5.41) is 7.67. The summed E-state index contributed by atoms with van der Waals surface area (Å²) in [6, 6.07) is 9.96. The summed E-state index contributed by atoms with van der Waals surface area (Å²) in [6.07, 6.45) is 0. The number of hydrogen-bond donors (Lipinski definition) is 2. The van der Waals surface area contributed by atoms with Crippen LogP contribution in [-0.2, 0) is 0 Å². The van der Waals surface area contributed by atoms with Crippen molar-refractivity contribution in [2.45, 2.75) is 0 Å². The number of para-hydroxylation sites is 1. The van der Waals surface area contributed by atoms with E-state index in [-0.39, 0.29) is 4.84 Å². The molecule has 3 aromatic rings. The molecule has 0 aliphatic carbocycles. The lowest BCUT2D eigenvalue weighted by molar-refractivity contribution is 0.550. The zero-order valence-corrected chi connectivity index (χ0v) is 8.47. The van der Waals surface area contributed by atoms with Crippen molar-refractivity contribution in [2.75, 3.05) is 0 Å². The Kier molecular flexibility index (Phi) is 1.72. The second-order valence-corrected chi connectivity index (χ2v) is 3.56. The standard InChI is InChI=1S/C10H7N3OS/c15-10-13-12-9(14-10)8-5-6-3-1-2-4-7(6)11-8/h1-5,11H,(H,13,15). The third-order valence-corrected chi connectivity index (χ3v) is 2.37. The van der Waals surface area contributed by atoms with Crippen molar-refractivity contribution >= 4 is 23.1 Å². The molecule has 1 aromatic carbocycles. The Morgan fingerprint density at radius 3 is 2.87 bits per heavy atom. The summed E-state index contributed by atoms with van der Waals surface area (Å²) < 4.78 is 5.22. The first-order valence-electron chi connectivity index (χ1n) is 4.46. The number of nitrogens with one attached hydrogen (secondary N) is 2. The molecular weight excluding hydrogens is 210 g/mol. The molecule has 3 rings (SSSR count). The van der Waals surface area contributed by atoms with Crippen LogP contribution in [0, 0.1) is 4.84 Å². The maximum absolute atomic E-state index is 5.22. The Morgan fingerprint density at radius 2 is 2.13 bits per heavy atom. The summed E-state index contributed by atoms with van der Waals surface area (Å²) in [7, 11) is 0. The van der Waals surface area contributed by atoms with E-state index in [0.717, 1.165) is 16.6 Å². The van der Waals surface area contributed by atoms with E-state index in [9.17, 15) is 0 Å². The molecule has 4 nitrogen and oxygen atoms in total. The van der Waals surface area contributed by atoms with Crippen LogP contribution in [0.25, 0.3) is 22.5 Å². The van der Waals surface area contributed by atoms with Gasteiger partial charge in [0.05, 0.1) is 0 Å². The summed E-state index contributed by atoms with van der Waals surface area (Å²) in [5.74, 6) is 0.483. The van der Waals surface area contributed by atoms with Gasteiger partial charge in [-0.05, 0) is 24.4 Å². The Bertz CT molecular complexity index is 631. The predicted molar refractivity (Wildman–Crippen MR) is 59.0 cm³/mol. The Labute approximate surface area is 89.9 Å². The van der Waals surface area contributed by atoms with Crippen molar-refractivity contribution < 1.29 is 4.42 Å². The largest absolute Gasteiger partial charge is 0.408 e. The second-order valence-electron chi connectivity index (χ2n) is 3.19. The molecule has 2 aromatic heterocycles. The maximum Gasteiger partial charge on any atom is 0.284 e. The van der Waals surface area contributed by atoms with Crippen LogP contribution in [0.3, 0.4) is 0 Å². The van der Waals surface area contributed by atoms with Crippen LogP contribution >= 0.6 is 12.2 Å². The van der Waals surface area contributed by atoms with Crippen LogP contribution < -0.4 is 0 Å². The van der Waals surface area contributed by atoms with Gasteiger partial charge in [-0.1, -0.05) is 18.2 Å². The fraction of sp³-hybridized carbons (Fsp3) is 0. The third-order valence-electron chi connectivity index (χ3n) is 2.20. The molecule has 0 fully saturated rings. The highest BCUT2D eigenvalue weighted by Gasteiger charge is 2.07. The monoisotopic (exact) mass is 217 g/mol. The van der Waals surface area contributed by atoms with Gasteiger partial charge in [-0.15, -0.1) is 5.10 Å². The van der Waals surface area contributed by atoms with Gasteiger partial charge in [0.2, 0.25) is 0 Å². The highest BCUT2D eigenvalue weighted by atomic mass is 32.1. The highest BCUT2D eigenvalue weighted by Crippen LogP contribution is 2.21. The van der Waals surface area contributed by atoms with Crippen molar-refractivity contribution in [3.63, 3.8) is 0 Å². The molecular formula is C10H7N3OS. The van der Waals surface area contributed by atoms with Crippen LogP contribution in [0.5, 0.6) is 0 Å². The molecule has 0 unspecified atom stereocenters. The number of rotatable bonds is 1. The highest BCUT2D eigenvalue weighted by molar-refractivity contribution is 7.71. The maximum atomic E-state index is 5.22. The van der Waals surface area contributed by atoms with E-state index in [0.29, 0.717) is 5.89 Å². The number of benzene rings is 1. The quantitative estimate of drug-likeness (QED) is 0.616. The van der Waals surface area contributed by atoms with Crippen molar-refractivity contribution in [2.24, 2.45) is 0 Å². The van der Waals surface area contributed by atoms with Crippen LogP contribution in [-0.4, -0.2) is 15.2 Å². The first-order chi connectivity index (χ1) is 7.33. The van der Waals surface area contributed by atoms with Gasteiger partial charge in [0.1, 0.15) is 5.69 Å². The Balaban J connectivity index is 2.24. The normalized spacial score (nSPS) is 10.9. The Hall–Kier alpha value is -1.88. The van der Waals surface area contributed by atoms with E-state index in [4.69, 9.17) is 16.6 Å². The second kappa shape index (κ2) is 3.06. The van der Waals surface area contributed by atoms with Gasteiger partial charge in [0.15, 0.2) is 0 Å². The topological polar surface area (TPSA) is 57.6 Å². The van der Waals surface area contributed by atoms with Crippen LogP contribution in [0.4, 0.5) is 0 Å². The van der Waals surface area contributed by atoms with Gasteiger partial charge in [-0.3, -0.25) is 0 Å². The van der Waals surface area contributed by atoms with E-state index in [2.05, 4.69) is 15.2 Å². The lowest BCUT2D eigenvalue weighted by atomic mass is 10.2. The summed E-state index contributed by atoms with van der Waals surface area (Å²) >= 11 is 4.82. The molecule has 0 saturated heterocycles. The van der Waals surface area contributed by atoms with Crippen molar-refractivity contribution in [3.8, 4) is 11.6 Å². The minimum absolute atomic E-state index is 0.281. The van der Waals surface area contributed by atoms with Crippen LogP contribution in [0.1, 0.15) is 0 Å². The molecule has 0 radical (unpaired) electrons. The van der Waals surface area contributed by atoms with E-state index in [1.54, 1.807) is 0 Å². The molecule has 0 aliphatic rings. The molecule has 0 saturated carbocycles. The van der Waals surface area contributed by atoms with E-state index < -0.39 is 0 Å². The molecule has 0 bridgehead atoms. The zero-order chi connectivity index (χ0) is 10.3. The van der Waals surface area contributed by atoms with Crippen molar-refractivity contribution in [3.05, 3.63) is 35.2 Å². The predicted octanol–water partition coefficient (Wildman–Crippen LogP) is 2.88. The van der Waals surface area contributed by atoms with Crippen molar-refractivity contribution in [1.82, 2.24) is 15.2 Å². The molecule has 5 heteroatoms. The molecule has 2 N–H and O–H groups in total. The van der Waals surface area contributed by atoms with Gasteiger partial charge >= 0.3 is 0 Å². The number of aromatic nitrogens is 3. The van der Waals surface area contributed by atoms with Crippen molar-refractivity contribution in [1.29, 1.82) is 0 Å². The molecule has 74 valence electrons.